The molecule has 16 heavy (non-hydrogen) atoms. The number of hydrogen-bond acceptors (Lipinski definition) is 2. The highest BCUT2D eigenvalue weighted by molar-refractivity contribution is 7.80. The molecule has 0 fully saturated rings. The molecule has 0 spiro atoms. The third kappa shape index (κ3) is 3.86. The van der Waals surface area contributed by atoms with Gasteiger partial charge in [0.2, 0.25) is 0 Å². The number of anilines is 1. The number of hydrogen-bond donors (Lipinski definition) is 3. The van der Waals surface area contributed by atoms with Crippen molar-refractivity contribution >= 4 is 29.0 Å². The van der Waals surface area contributed by atoms with Gasteiger partial charge in [0.25, 0.3) is 0 Å². The van der Waals surface area contributed by atoms with Crippen LogP contribution in [0.25, 0.3) is 0 Å². The fourth-order valence-electron chi connectivity index (χ4n) is 1.14. The molecule has 1 aromatic carbocycles. The monoisotopic (exact) mass is 238 g/mol. The van der Waals surface area contributed by atoms with Crippen LogP contribution in [0.5, 0.6) is 0 Å². The Morgan fingerprint density at radius 2 is 2.25 bits per heavy atom. The van der Waals surface area contributed by atoms with Crippen LogP contribution < -0.4 is 10.6 Å². The molecule has 5 heteroatoms. The van der Waals surface area contributed by atoms with Crippen molar-refractivity contribution in [2.45, 2.75) is 13.3 Å². The third-order valence-corrected chi connectivity index (χ3v) is 2.15. The molecule has 4 nitrogen and oxygen atoms in total. The molecule has 0 aromatic heterocycles. The van der Waals surface area contributed by atoms with Gasteiger partial charge in [0, 0.05) is 12.2 Å². The van der Waals surface area contributed by atoms with Crippen LogP contribution in [-0.2, 0) is 0 Å². The summed E-state index contributed by atoms with van der Waals surface area (Å²) in [6.45, 7) is 2.84. The summed E-state index contributed by atoms with van der Waals surface area (Å²) in [7, 11) is 0. The van der Waals surface area contributed by atoms with E-state index in [1.54, 1.807) is 18.2 Å². The van der Waals surface area contributed by atoms with Crippen molar-refractivity contribution < 1.29 is 9.90 Å². The Labute approximate surface area is 99.7 Å². The van der Waals surface area contributed by atoms with Gasteiger partial charge in [0.1, 0.15) is 0 Å². The molecule has 0 aliphatic carbocycles. The third-order valence-electron chi connectivity index (χ3n) is 1.90. The first-order valence-electron chi connectivity index (χ1n) is 5.01. The first kappa shape index (κ1) is 12.4. The Morgan fingerprint density at radius 1 is 1.50 bits per heavy atom. The second-order valence-electron chi connectivity index (χ2n) is 3.27. The number of rotatable bonds is 4. The summed E-state index contributed by atoms with van der Waals surface area (Å²) in [5.41, 5.74) is 0.914. The van der Waals surface area contributed by atoms with E-state index < -0.39 is 5.97 Å². The Morgan fingerprint density at radius 3 is 2.88 bits per heavy atom. The first-order chi connectivity index (χ1) is 7.63. The summed E-state index contributed by atoms with van der Waals surface area (Å²) in [6, 6.07) is 6.53. The highest BCUT2D eigenvalue weighted by atomic mass is 32.1. The molecule has 0 amide bonds. The second kappa shape index (κ2) is 6.07. The van der Waals surface area contributed by atoms with Crippen LogP contribution in [0.4, 0.5) is 5.69 Å². The highest BCUT2D eigenvalue weighted by Gasteiger charge is 2.03. The Balaban J connectivity index is 2.63. The summed E-state index contributed by atoms with van der Waals surface area (Å²) in [5.74, 6) is -0.948. The molecule has 0 bridgehead atoms. The number of thiocarbonyl (C=S) groups is 1. The van der Waals surface area contributed by atoms with Crippen LogP contribution in [0.15, 0.2) is 24.3 Å². The predicted octanol–water partition coefficient (Wildman–Crippen LogP) is 2.08. The molecule has 0 radical (unpaired) electrons. The van der Waals surface area contributed by atoms with Gasteiger partial charge in [-0.3, -0.25) is 0 Å². The lowest BCUT2D eigenvalue weighted by Crippen LogP contribution is -2.28. The molecule has 0 atom stereocenters. The number of nitrogens with one attached hydrogen (secondary N) is 2. The number of carbonyl (C=O) groups is 1. The average molecular weight is 238 g/mol. The van der Waals surface area contributed by atoms with Gasteiger partial charge in [-0.05, 0) is 36.8 Å². The number of benzene rings is 1. The number of carboxylic acid groups (broad SMARTS) is 1. The molecule has 1 rings (SSSR count). The minimum absolute atomic E-state index is 0.239. The maximum atomic E-state index is 10.7. The van der Waals surface area contributed by atoms with Crippen molar-refractivity contribution in [1.82, 2.24) is 5.32 Å². The maximum Gasteiger partial charge on any atom is 0.335 e. The second-order valence-corrected chi connectivity index (χ2v) is 3.68. The zero-order valence-corrected chi connectivity index (χ0v) is 9.80. The largest absolute Gasteiger partial charge is 0.478 e. The molecule has 0 aliphatic heterocycles. The summed E-state index contributed by atoms with van der Waals surface area (Å²) in [5, 5.41) is 15.2. The van der Waals surface area contributed by atoms with Crippen molar-refractivity contribution in [2.75, 3.05) is 11.9 Å². The van der Waals surface area contributed by atoms with Gasteiger partial charge >= 0.3 is 5.97 Å². The molecule has 0 saturated heterocycles. The van der Waals surface area contributed by atoms with E-state index in [0.717, 1.165) is 13.0 Å². The lowest BCUT2D eigenvalue weighted by molar-refractivity contribution is 0.0697. The van der Waals surface area contributed by atoms with E-state index in [9.17, 15) is 4.79 Å². The normalized spacial score (nSPS) is 9.56. The Kier molecular flexibility index (Phi) is 4.72. The van der Waals surface area contributed by atoms with E-state index in [1.807, 2.05) is 6.92 Å². The minimum Gasteiger partial charge on any atom is -0.478 e. The van der Waals surface area contributed by atoms with Gasteiger partial charge in [-0.15, -0.1) is 0 Å². The van der Waals surface area contributed by atoms with E-state index in [1.165, 1.54) is 6.07 Å². The van der Waals surface area contributed by atoms with Crippen molar-refractivity contribution in [3.8, 4) is 0 Å². The van der Waals surface area contributed by atoms with Crippen LogP contribution in [-0.4, -0.2) is 22.7 Å². The molecule has 0 unspecified atom stereocenters. The van der Waals surface area contributed by atoms with Gasteiger partial charge in [-0.2, -0.15) is 0 Å². The van der Waals surface area contributed by atoms with E-state index in [4.69, 9.17) is 17.3 Å². The van der Waals surface area contributed by atoms with Gasteiger partial charge in [0.05, 0.1) is 5.56 Å². The van der Waals surface area contributed by atoms with Crippen LogP contribution in [0.3, 0.4) is 0 Å². The SMILES string of the molecule is CCCNC(=S)Nc1cccc(C(=O)O)c1. The van der Waals surface area contributed by atoms with E-state index in [-0.39, 0.29) is 5.56 Å². The van der Waals surface area contributed by atoms with Crippen LogP contribution in [0.2, 0.25) is 0 Å². The summed E-state index contributed by atoms with van der Waals surface area (Å²) >= 11 is 5.04. The quantitative estimate of drug-likeness (QED) is 0.701. The predicted molar refractivity (Wildman–Crippen MR) is 67.9 cm³/mol. The van der Waals surface area contributed by atoms with Crippen LogP contribution in [0.1, 0.15) is 23.7 Å². The van der Waals surface area contributed by atoms with Crippen molar-refractivity contribution in [1.29, 1.82) is 0 Å². The Bertz CT molecular complexity index is 393. The number of aromatic carboxylic acids is 1. The summed E-state index contributed by atoms with van der Waals surface area (Å²) in [6.07, 6.45) is 0.983. The molecule has 86 valence electrons. The number of carboxylic acids is 1. The molecule has 0 aliphatic rings. The molecule has 1 aromatic rings. The zero-order chi connectivity index (χ0) is 12.0. The Hall–Kier alpha value is -1.62. The van der Waals surface area contributed by atoms with Gasteiger partial charge in [0.15, 0.2) is 5.11 Å². The average Bonchev–Trinajstić information content (AvgIpc) is 2.26. The maximum absolute atomic E-state index is 10.7. The van der Waals surface area contributed by atoms with Crippen LogP contribution in [0, 0.1) is 0 Å². The lowest BCUT2D eigenvalue weighted by atomic mass is 10.2. The topological polar surface area (TPSA) is 61.4 Å². The summed E-state index contributed by atoms with van der Waals surface area (Å²) < 4.78 is 0. The van der Waals surface area contributed by atoms with Gasteiger partial charge < -0.3 is 15.7 Å². The standard InChI is InChI=1S/C11H14N2O2S/c1-2-6-12-11(16)13-9-5-3-4-8(7-9)10(14)15/h3-5,7H,2,6H2,1H3,(H,14,15)(H2,12,13,16). The van der Waals surface area contributed by atoms with Crippen molar-refractivity contribution in [2.24, 2.45) is 0 Å². The van der Waals surface area contributed by atoms with Gasteiger partial charge in [-0.1, -0.05) is 13.0 Å². The molecular formula is C11H14N2O2S. The highest BCUT2D eigenvalue weighted by Crippen LogP contribution is 2.10. The molecular weight excluding hydrogens is 224 g/mol. The van der Waals surface area contributed by atoms with Gasteiger partial charge in [-0.25, -0.2) is 4.79 Å². The molecule has 0 saturated carbocycles. The smallest absolute Gasteiger partial charge is 0.335 e. The fraction of sp³-hybridized carbons (Fsp3) is 0.273. The molecule has 3 N–H and O–H groups in total. The van der Waals surface area contributed by atoms with Crippen LogP contribution >= 0.6 is 12.2 Å². The molecule has 0 heterocycles. The van der Waals surface area contributed by atoms with E-state index in [2.05, 4.69) is 10.6 Å². The zero-order valence-electron chi connectivity index (χ0n) is 8.99. The minimum atomic E-state index is -0.948. The summed E-state index contributed by atoms with van der Waals surface area (Å²) in [4.78, 5) is 10.7. The fourth-order valence-corrected chi connectivity index (χ4v) is 1.36. The van der Waals surface area contributed by atoms with Crippen molar-refractivity contribution in [3.63, 3.8) is 0 Å². The van der Waals surface area contributed by atoms with E-state index >= 15 is 0 Å². The first-order valence-corrected chi connectivity index (χ1v) is 5.42. The van der Waals surface area contributed by atoms with Crippen molar-refractivity contribution in [3.05, 3.63) is 29.8 Å². The van der Waals surface area contributed by atoms with E-state index in [0.29, 0.717) is 10.8 Å². The lowest BCUT2D eigenvalue weighted by Gasteiger charge is -2.09.